The van der Waals surface area contributed by atoms with Crippen LogP contribution in [-0.2, 0) is 0 Å². The van der Waals surface area contributed by atoms with E-state index in [1.807, 2.05) is 0 Å². The highest BCUT2D eigenvalue weighted by Crippen LogP contribution is 2.24. The molecular weight excluding hydrogens is 180 g/mol. The van der Waals surface area contributed by atoms with Crippen LogP contribution in [0.2, 0.25) is 0 Å². The predicted molar refractivity (Wildman–Crippen MR) is 69.6 cm³/mol. The van der Waals surface area contributed by atoms with Gasteiger partial charge in [0.2, 0.25) is 0 Å². The van der Waals surface area contributed by atoms with Crippen molar-refractivity contribution in [3.8, 4) is 12.3 Å². The van der Waals surface area contributed by atoms with E-state index in [4.69, 9.17) is 6.42 Å². The fourth-order valence-electron chi connectivity index (χ4n) is 1.81. The Morgan fingerprint density at radius 3 is 2.40 bits per heavy atom. The number of allylic oxidation sites excluding steroid dienone is 2. The highest BCUT2D eigenvalue weighted by Gasteiger charge is 2.17. The predicted octanol–water partition coefficient (Wildman–Crippen LogP) is 4.66. The molecule has 0 aliphatic rings. The molecule has 0 aromatic carbocycles. The van der Waals surface area contributed by atoms with Crippen LogP contribution in [0.15, 0.2) is 12.2 Å². The molecule has 0 spiro atoms. The summed E-state index contributed by atoms with van der Waals surface area (Å²) in [5.41, 5.74) is 0. The molecule has 15 heavy (non-hydrogen) atoms. The molecule has 3 unspecified atom stereocenters. The second kappa shape index (κ2) is 8.60. The maximum Gasteiger partial charge on any atom is 0.0237 e. The standard InChI is InChI=1S/C15H26/c1-6-9-10-11-12-15(13(4)7-2)14(5)8-3/h2,11-15H,6,8-10H2,1,3-5H3. The van der Waals surface area contributed by atoms with Gasteiger partial charge in [0.1, 0.15) is 0 Å². The summed E-state index contributed by atoms with van der Waals surface area (Å²) in [6.07, 6.45) is 15.1. The highest BCUT2D eigenvalue weighted by molar-refractivity contribution is 5.02. The number of hydrogen-bond donors (Lipinski definition) is 0. The molecule has 0 bridgehead atoms. The Balaban J connectivity index is 4.25. The normalized spacial score (nSPS) is 17.3. The molecule has 0 saturated carbocycles. The van der Waals surface area contributed by atoms with E-state index < -0.39 is 0 Å². The van der Waals surface area contributed by atoms with E-state index in [9.17, 15) is 0 Å². The summed E-state index contributed by atoms with van der Waals surface area (Å²) in [6.45, 7) is 8.91. The van der Waals surface area contributed by atoms with E-state index in [2.05, 4.69) is 45.8 Å². The molecule has 0 nitrogen and oxygen atoms in total. The van der Waals surface area contributed by atoms with Crippen LogP contribution in [0.3, 0.4) is 0 Å². The lowest BCUT2D eigenvalue weighted by Gasteiger charge is -2.22. The molecule has 0 saturated heterocycles. The zero-order valence-electron chi connectivity index (χ0n) is 10.8. The Morgan fingerprint density at radius 1 is 1.27 bits per heavy atom. The average Bonchev–Trinajstić information content (AvgIpc) is 2.27. The van der Waals surface area contributed by atoms with Crippen LogP contribution in [0.25, 0.3) is 0 Å². The number of unbranched alkanes of at least 4 members (excludes halogenated alkanes) is 2. The maximum absolute atomic E-state index is 5.51. The molecule has 0 radical (unpaired) electrons. The third-order valence-corrected chi connectivity index (χ3v) is 3.22. The lowest BCUT2D eigenvalue weighted by atomic mass is 9.82. The first-order valence-electron chi connectivity index (χ1n) is 6.30. The van der Waals surface area contributed by atoms with Gasteiger partial charge in [-0.15, -0.1) is 12.3 Å². The van der Waals surface area contributed by atoms with Gasteiger partial charge in [0, 0.05) is 5.92 Å². The first kappa shape index (κ1) is 14.3. The third-order valence-electron chi connectivity index (χ3n) is 3.22. The van der Waals surface area contributed by atoms with Gasteiger partial charge < -0.3 is 0 Å². The Labute approximate surface area is 96.2 Å². The van der Waals surface area contributed by atoms with Gasteiger partial charge in [0.05, 0.1) is 0 Å². The third kappa shape index (κ3) is 5.67. The van der Waals surface area contributed by atoms with Crippen LogP contribution in [0.5, 0.6) is 0 Å². The fraction of sp³-hybridized carbons (Fsp3) is 0.733. The summed E-state index contributed by atoms with van der Waals surface area (Å²) < 4.78 is 0. The zero-order chi connectivity index (χ0) is 11.7. The van der Waals surface area contributed by atoms with E-state index in [0.29, 0.717) is 17.8 Å². The Kier molecular flexibility index (Phi) is 8.19. The van der Waals surface area contributed by atoms with Crippen molar-refractivity contribution in [3.05, 3.63) is 12.2 Å². The SMILES string of the molecule is C#CC(C)C(C=CCCCC)C(C)CC. The van der Waals surface area contributed by atoms with Gasteiger partial charge >= 0.3 is 0 Å². The van der Waals surface area contributed by atoms with Crippen molar-refractivity contribution in [1.29, 1.82) is 0 Å². The molecule has 0 rings (SSSR count). The zero-order valence-corrected chi connectivity index (χ0v) is 10.8. The van der Waals surface area contributed by atoms with Crippen molar-refractivity contribution >= 4 is 0 Å². The van der Waals surface area contributed by atoms with Crippen LogP contribution in [0.1, 0.15) is 53.4 Å². The average molecular weight is 206 g/mol. The molecule has 0 aliphatic heterocycles. The molecule has 0 heteroatoms. The Morgan fingerprint density at radius 2 is 1.93 bits per heavy atom. The van der Waals surface area contributed by atoms with Gasteiger partial charge in [-0.2, -0.15) is 0 Å². The minimum atomic E-state index is 0.359. The molecule has 0 heterocycles. The van der Waals surface area contributed by atoms with Crippen LogP contribution < -0.4 is 0 Å². The second-order valence-electron chi connectivity index (χ2n) is 4.49. The van der Waals surface area contributed by atoms with E-state index in [0.717, 1.165) is 0 Å². The minimum absolute atomic E-state index is 0.359. The number of rotatable bonds is 7. The molecule has 86 valence electrons. The summed E-state index contributed by atoms with van der Waals surface area (Å²) in [6, 6.07) is 0. The van der Waals surface area contributed by atoms with E-state index in [1.54, 1.807) is 0 Å². The van der Waals surface area contributed by atoms with Crippen LogP contribution in [-0.4, -0.2) is 0 Å². The van der Waals surface area contributed by atoms with Crippen molar-refractivity contribution in [2.24, 2.45) is 17.8 Å². The van der Waals surface area contributed by atoms with Crippen LogP contribution in [0.4, 0.5) is 0 Å². The Hall–Kier alpha value is -0.700. The molecule has 0 fully saturated rings. The fourth-order valence-corrected chi connectivity index (χ4v) is 1.81. The van der Waals surface area contributed by atoms with Gasteiger partial charge in [-0.1, -0.05) is 59.1 Å². The molecule has 0 aliphatic carbocycles. The van der Waals surface area contributed by atoms with Crippen molar-refractivity contribution < 1.29 is 0 Å². The maximum atomic E-state index is 5.51. The van der Waals surface area contributed by atoms with E-state index in [1.165, 1.54) is 25.7 Å². The lowest BCUT2D eigenvalue weighted by Crippen LogP contribution is -2.15. The largest absolute Gasteiger partial charge is 0.120 e. The van der Waals surface area contributed by atoms with Gasteiger partial charge in [-0.25, -0.2) is 0 Å². The molecule has 0 aromatic rings. The summed E-state index contributed by atoms with van der Waals surface area (Å²) in [5, 5.41) is 0. The molecular formula is C15H26. The molecule has 0 amide bonds. The highest BCUT2D eigenvalue weighted by atomic mass is 14.2. The summed E-state index contributed by atoms with van der Waals surface area (Å²) >= 11 is 0. The van der Waals surface area contributed by atoms with E-state index in [-0.39, 0.29) is 0 Å². The lowest BCUT2D eigenvalue weighted by molar-refractivity contribution is 0.356. The van der Waals surface area contributed by atoms with Gasteiger partial charge in [-0.3, -0.25) is 0 Å². The molecule has 0 N–H and O–H groups in total. The summed E-state index contributed by atoms with van der Waals surface area (Å²) in [4.78, 5) is 0. The molecule has 3 atom stereocenters. The van der Waals surface area contributed by atoms with Crippen molar-refractivity contribution in [2.75, 3.05) is 0 Å². The van der Waals surface area contributed by atoms with Gasteiger partial charge in [0.15, 0.2) is 0 Å². The van der Waals surface area contributed by atoms with Crippen LogP contribution >= 0.6 is 0 Å². The second-order valence-corrected chi connectivity index (χ2v) is 4.49. The first-order valence-corrected chi connectivity index (χ1v) is 6.30. The van der Waals surface area contributed by atoms with Gasteiger partial charge in [0.25, 0.3) is 0 Å². The first-order chi connectivity index (χ1) is 7.17. The summed E-state index contributed by atoms with van der Waals surface area (Å²) in [5.74, 6) is 4.47. The van der Waals surface area contributed by atoms with Crippen molar-refractivity contribution in [3.63, 3.8) is 0 Å². The quantitative estimate of drug-likeness (QED) is 0.323. The van der Waals surface area contributed by atoms with Crippen molar-refractivity contribution in [1.82, 2.24) is 0 Å². The van der Waals surface area contributed by atoms with Crippen molar-refractivity contribution in [2.45, 2.75) is 53.4 Å². The minimum Gasteiger partial charge on any atom is -0.120 e. The molecule has 0 aromatic heterocycles. The number of terminal acetylenes is 1. The summed E-state index contributed by atoms with van der Waals surface area (Å²) in [7, 11) is 0. The van der Waals surface area contributed by atoms with Gasteiger partial charge in [-0.05, 0) is 18.3 Å². The topological polar surface area (TPSA) is 0 Å². The smallest absolute Gasteiger partial charge is 0.0237 e. The van der Waals surface area contributed by atoms with Crippen LogP contribution in [0, 0.1) is 30.1 Å². The van der Waals surface area contributed by atoms with E-state index >= 15 is 0 Å². The number of hydrogen-bond acceptors (Lipinski definition) is 0. The Bertz CT molecular complexity index is 207. The monoisotopic (exact) mass is 206 g/mol.